The Morgan fingerprint density at radius 3 is 2.86 bits per heavy atom. The molecule has 1 fully saturated rings. The number of hydrogen-bond donors (Lipinski definition) is 1. The minimum absolute atomic E-state index is 0.00250. The van der Waals surface area contributed by atoms with Crippen LogP contribution in [0.25, 0.3) is 11.4 Å². The molecule has 4 nitrogen and oxygen atoms in total. The molecule has 0 radical (unpaired) electrons. The number of H-pyrrole nitrogens is 1. The van der Waals surface area contributed by atoms with Crippen molar-refractivity contribution in [1.29, 1.82) is 0 Å². The molecule has 1 N–H and O–H groups in total. The second-order valence-electron chi connectivity index (χ2n) is 5.73. The van der Waals surface area contributed by atoms with Crippen LogP contribution >= 0.6 is 11.3 Å². The largest absolute Gasteiger partial charge is 0.311 e. The first-order valence-electron chi connectivity index (χ1n) is 7.57. The van der Waals surface area contributed by atoms with Gasteiger partial charge in [0.1, 0.15) is 0 Å². The SMILES string of the molecule is CN(Cc1sc(=O)[nH]c1-c1ccccn1)C1CCCCC1. The second kappa shape index (κ2) is 6.54. The van der Waals surface area contributed by atoms with E-state index in [2.05, 4.69) is 21.9 Å². The van der Waals surface area contributed by atoms with Gasteiger partial charge in [0.05, 0.1) is 11.4 Å². The smallest absolute Gasteiger partial charge is 0.305 e. The van der Waals surface area contributed by atoms with Crippen molar-refractivity contribution in [2.75, 3.05) is 7.05 Å². The monoisotopic (exact) mass is 303 g/mol. The van der Waals surface area contributed by atoms with Gasteiger partial charge in [-0.25, -0.2) is 0 Å². The molecule has 3 rings (SSSR count). The lowest BCUT2D eigenvalue weighted by Gasteiger charge is -2.30. The minimum Gasteiger partial charge on any atom is -0.311 e. The predicted molar refractivity (Wildman–Crippen MR) is 86.5 cm³/mol. The fourth-order valence-corrected chi connectivity index (χ4v) is 3.97. The van der Waals surface area contributed by atoms with Crippen molar-refractivity contribution >= 4 is 11.3 Å². The molecule has 2 aromatic rings. The van der Waals surface area contributed by atoms with Crippen LogP contribution in [-0.2, 0) is 6.54 Å². The van der Waals surface area contributed by atoms with Crippen LogP contribution in [0.15, 0.2) is 29.2 Å². The number of pyridine rings is 1. The molecule has 0 unspecified atom stereocenters. The molecular formula is C16H21N3OS. The summed E-state index contributed by atoms with van der Waals surface area (Å²) < 4.78 is 0. The molecule has 0 amide bonds. The van der Waals surface area contributed by atoms with Crippen LogP contribution in [0, 0.1) is 0 Å². The van der Waals surface area contributed by atoms with Crippen LogP contribution in [0.2, 0.25) is 0 Å². The average molecular weight is 303 g/mol. The van der Waals surface area contributed by atoms with Crippen molar-refractivity contribution in [3.63, 3.8) is 0 Å². The van der Waals surface area contributed by atoms with Crippen molar-refractivity contribution in [2.45, 2.75) is 44.7 Å². The summed E-state index contributed by atoms with van der Waals surface area (Å²) in [7, 11) is 2.17. The van der Waals surface area contributed by atoms with Gasteiger partial charge < -0.3 is 4.98 Å². The standard InChI is InChI=1S/C16H21N3OS/c1-19(12-7-3-2-4-8-12)11-14-15(18-16(20)21-14)13-9-5-6-10-17-13/h5-6,9-10,12H,2-4,7-8,11H2,1H3,(H,18,20). The van der Waals surface area contributed by atoms with E-state index in [1.54, 1.807) is 6.20 Å². The van der Waals surface area contributed by atoms with Gasteiger partial charge in [-0.1, -0.05) is 36.7 Å². The highest BCUT2D eigenvalue weighted by Crippen LogP contribution is 2.26. The Morgan fingerprint density at radius 2 is 2.14 bits per heavy atom. The normalized spacial score (nSPS) is 16.5. The predicted octanol–water partition coefficient (Wildman–Crippen LogP) is 3.26. The maximum atomic E-state index is 11.8. The lowest BCUT2D eigenvalue weighted by molar-refractivity contribution is 0.186. The molecule has 0 spiro atoms. The number of hydrogen-bond acceptors (Lipinski definition) is 4. The van der Waals surface area contributed by atoms with E-state index in [0.717, 1.165) is 22.8 Å². The van der Waals surface area contributed by atoms with Gasteiger partial charge in [0.15, 0.2) is 0 Å². The molecule has 1 saturated carbocycles. The van der Waals surface area contributed by atoms with E-state index < -0.39 is 0 Å². The molecule has 112 valence electrons. The summed E-state index contributed by atoms with van der Waals surface area (Å²) in [6.07, 6.45) is 8.32. The molecular weight excluding hydrogens is 282 g/mol. The molecule has 1 aliphatic carbocycles. The summed E-state index contributed by atoms with van der Waals surface area (Å²) in [4.78, 5) is 22.5. The highest BCUT2D eigenvalue weighted by Gasteiger charge is 2.20. The Balaban J connectivity index is 1.80. The molecule has 5 heteroatoms. The van der Waals surface area contributed by atoms with Crippen molar-refractivity contribution in [3.05, 3.63) is 38.9 Å². The van der Waals surface area contributed by atoms with Gasteiger partial charge in [-0.3, -0.25) is 14.7 Å². The molecule has 2 heterocycles. The fourth-order valence-electron chi connectivity index (χ4n) is 3.07. The Hall–Kier alpha value is -1.46. The van der Waals surface area contributed by atoms with Crippen molar-refractivity contribution in [2.24, 2.45) is 0 Å². The highest BCUT2D eigenvalue weighted by atomic mass is 32.1. The van der Waals surface area contributed by atoms with Gasteiger partial charge in [0.2, 0.25) is 0 Å². The molecule has 21 heavy (non-hydrogen) atoms. The van der Waals surface area contributed by atoms with Gasteiger partial charge in [-0.05, 0) is 32.0 Å². The van der Waals surface area contributed by atoms with E-state index in [-0.39, 0.29) is 4.87 Å². The molecule has 0 aliphatic heterocycles. The summed E-state index contributed by atoms with van der Waals surface area (Å²) in [6, 6.07) is 6.43. The van der Waals surface area contributed by atoms with Crippen LogP contribution in [0.5, 0.6) is 0 Å². The van der Waals surface area contributed by atoms with Crippen LogP contribution in [0.3, 0.4) is 0 Å². The van der Waals surface area contributed by atoms with Gasteiger partial charge in [0.25, 0.3) is 0 Å². The Bertz CT molecular complexity index is 628. The van der Waals surface area contributed by atoms with E-state index in [1.807, 2.05) is 18.2 Å². The third-order valence-electron chi connectivity index (χ3n) is 4.23. The van der Waals surface area contributed by atoms with E-state index >= 15 is 0 Å². The Morgan fingerprint density at radius 1 is 1.33 bits per heavy atom. The minimum atomic E-state index is 0.00250. The zero-order valence-electron chi connectivity index (χ0n) is 12.3. The number of nitrogens with one attached hydrogen (secondary N) is 1. The number of thiazole rings is 1. The van der Waals surface area contributed by atoms with Crippen molar-refractivity contribution in [3.8, 4) is 11.4 Å². The number of nitrogens with zero attached hydrogens (tertiary/aromatic N) is 2. The first-order chi connectivity index (χ1) is 10.2. The quantitative estimate of drug-likeness (QED) is 0.943. The molecule has 0 aromatic carbocycles. The summed E-state index contributed by atoms with van der Waals surface area (Å²) >= 11 is 1.31. The summed E-state index contributed by atoms with van der Waals surface area (Å²) in [6.45, 7) is 0.819. The molecule has 0 bridgehead atoms. The Labute approximate surface area is 128 Å². The second-order valence-corrected chi connectivity index (χ2v) is 6.80. The van der Waals surface area contributed by atoms with Gasteiger partial charge in [0, 0.05) is 23.7 Å². The summed E-state index contributed by atoms with van der Waals surface area (Å²) in [5.74, 6) is 0. The zero-order chi connectivity index (χ0) is 14.7. The Kier molecular flexibility index (Phi) is 4.51. The summed E-state index contributed by atoms with van der Waals surface area (Å²) in [5, 5.41) is 0. The lowest BCUT2D eigenvalue weighted by Crippen LogP contribution is -2.32. The fraction of sp³-hybridized carbons (Fsp3) is 0.500. The van der Waals surface area contributed by atoms with Crippen molar-refractivity contribution in [1.82, 2.24) is 14.9 Å². The van der Waals surface area contributed by atoms with E-state index in [4.69, 9.17) is 0 Å². The molecule has 0 atom stereocenters. The molecule has 2 aromatic heterocycles. The molecule has 0 saturated heterocycles. The summed E-state index contributed by atoms with van der Waals surface area (Å²) in [5.41, 5.74) is 1.73. The van der Waals surface area contributed by atoms with Crippen LogP contribution in [0.1, 0.15) is 37.0 Å². The number of aromatic nitrogens is 2. The van der Waals surface area contributed by atoms with Gasteiger partial charge >= 0.3 is 4.87 Å². The van der Waals surface area contributed by atoms with E-state index in [1.165, 1.54) is 43.4 Å². The number of aromatic amines is 1. The van der Waals surface area contributed by atoms with E-state index in [0.29, 0.717) is 6.04 Å². The van der Waals surface area contributed by atoms with Crippen LogP contribution in [0.4, 0.5) is 0 Å². The maximum absolute atomic E-state index is 11.8. The first kappa shape index (κ1) is 14.5. The zero-order valence-corrected chi connectivity index (χ0v) is 13.2. The lowest BCUT2D eigenvalue weighted by atomic mass is 9.94. The average Bonchev–Trinajstić information content (AvgIpc) is 2.89. The van der Waals surface area contributed by atoms with Crippen LogP contribution in [-0.4, -0.2) is 28.0 Å². The number of rotatable bonds is 4. The molecule has 1 aliphatic rings. The van der Waals surface area contributed by atoms with E-state index in [9.17, 15) is 4.79 Å². The van der Waals surface area contributed by atoms with Crippen LogP contribution < -0.4 is 4.87 Å². The topological polar surface area (TPSA) is 49.0 Å². The first-order valence-corrected chi connectivity index (χ1v) is 8.39. The highest BCUT2D eigenvalue weighted by molar-refractivity contribution is 7.09. The van der Waals surface area contributed by atoms with Gasteiger partial charge in [-0.15, -0.1) is 0 Å². The van der Waals surface area contributed by atoms with Gasteiger partial charge in [-0.2, -0.15) is 0 Å². The maximum Gasteiger partial charge on any atom is 0.305 e. The third kappa shape index (κ3) is 3.41. The van der Waals surface area contributed by atoms with Crippen molar-refractivity contribution < 1.29 is 0 Å². The third-order valence-corrected chi connectivity index (χ3v) is 5.10.